The fraction of sp³-hybridized carbons (Fsp3) is 0.286. The molecular formula is C21H21N5O. The molecule has 0 amide bonds. The second-order valence-corrected chi connectivity index (χ2v) is 7.20. The molecule has 1 aliphatic rings. The molecule has 1 atom stereocenters. The van der Waals surface area contributed by atoms with Gasteiger partial charge in [-0.15, -0.1) is 0 Å². The van der Waals surface area contributed by atoms with Crippen LogP contribution in [0.5, 0.6) is 0 Å². The highest BCUT2D eigenvalue weighted by Crippen LogP contribution is 2.29. The van der Waals surface area contributed by atoms with Crippen molar-refractivity contribution in [1.29, 1.82) is 0 Å². The number of ketones is 1. The van der Waals surface area contributed by atoms with E-state index in [1.54, 1.807) is 0 Å². The molecule has 0 radical (unpaired) electrons. The Morgan fingerprint density at radius 1 is 1.19 bits per heavy atom. The van der Waals surface area contributed by atoms with Gasteiger partial charge in [-0.2, -0.15) is 0 Å². The third-order valence-corrected chi connectivity index (χ3v) is 5.46. The van der Waals surface area contributed by atoms with Crippen molar-refractivity contribution in [2.45, 2.75) is 18.9 Å². The molecule has 4 heterocycles. The molecule has 1 aliphatic heterocycles. The van der Waals surface area contributed by atoms with Gasteiger partial charge in [0.25, 0.3) is 0 Å². The van der Waals surface area contributed by atoms with Crippen LogP contribution in [0.15, 0.2) is 55.1 Å². The Bertz CT molecular complexity index is 1100. The van der Waals surface area contributed by atoms with Gasteiger partial charge in [0, 0.05) is 29.7 Å². The van der Waals surface area contributed by atoms with Crippen LogP contribution in [0.1, 0.15) is 29.2 Å². The van der Waals surface area contributed by atoms with E-state index in [4.69, 9.17) is 0 Å². The number of H-pyrrole nitrogens is 1. The number of rotatable bonds is 4. The van der Waals surface area contributed by atoms with Crippen LogP contribution in [-0.4, -0.2) is 49.8 Å². The summed E-state index contributed by atoms with van der Waals surface area (Å²) in [6.07, 6.45) is 7.83. The number of Topliss-reactive ketones (excluding diaryl/α,β-unsaturated/α-hetero) is 1. The minimum absolute atomic E-state index is 0.184. The van der Waals surface area contributed by atoms with Crippen LogP contribution >= 0.6 is 0 Å². The van der Waals surface area contributed by atoms with Gasteiger partial charge in [0.2, 0.25) is 0 Å². The van der Waals surface area contributed by atoms with Gasteiger partial charge >= 0.3 is 0 Å². The molecule has 27 heavy (non-hydrogen) atoms. The molecule has 1 aromatic carbocycles. The van der Waals surface area contributed by atoms with Crippen molar-refractivity contribution in [3.63, 3.8) is 0 Å². The summed E-state index contributed by atoms with van der Waals surface area (Å²) in [6, 6.07) is 11.9. The Morgan fingerprint density at radius 2 is 2.07 bits per heavy atom. The van der Waals surface area contributed by atoms with Crippen LogP contribution in [0.4, 0.5) is 0 Å². The molecule has 1 fully saturated rings. The van der Waals surface area contributed by atoms with Crippen molar-refractivity contribution in [2.24, 2.45) is 0 Å². The average Bonchev–Trinajstić information content (AvgIpc) is 3.35. The van der Waals surface area contributed by atoms with Crippen LogP contribution in [0, 0.1) is 0 Å². The number of carbonyl (C=O) groups is 1. The molecule has 0 aliphatic carbocycles. The van der Waals surface area contributed by atoms with Crippen LogP contribution in [-0.2, 0) is 0 Å². The molecule has 0 spiro atoms. The maximum absolute atomic E-state index is 12.6. The van der Waals surface area contributed by atoms with Crippen molar-refractivity contribution in [1.82, 2.24) is 24.4 Å². The Morgan fingerprint density at radius 3 is 2.96 bits per heavy atom. The predicted octanol–water partition coefficient (Wildman–Crippen LogP) is 3.43. The summed E-state index contributed by atoms with van der Waals surface area (Å²) in [4.78, 5) is 27.0. The van der Waals surface area contributed by atoms with Gasteiger partial charge in [-0.05, 0) is 25.5 Å². The number of hydrogen-bond acceptors (Lipinski definition) is 4. The second kappa shape index (κ2) is 6.63. The van der Waals surface area contributed by atoms with Crippen LogP contribution < -0.4 is 0 Å². The first-order chi connectivity index (χ1) is 13.3. The van der Waals surface area contributed by atoms with Crippen LogP contribution in [0.2, 0.25) is 0 Å². The van der Waals surface area contributed by atoms with E-state index in [0.717, 1.165) is 53.6 Å². The van der Waals surface area contributed by atoms with E-state index < -0.39 is 0 Å². The largest absolute Gasteiger partial charge is 0.346 e. The van der Waals surface area contributed by atoms with E-state index in [2.05, 4.69) is 30.5 Å². The molecule has 0 unspecified atom stereocenters. The predicted molar refractivity (Wildman–Crippen MR) is 105 cm³/mol. The quantitative estimate of drug-likeness (QED) is 0.567. The van der Waals surface area contributed by atoms with Crippen molar-refractivity contribution in [2.75, 3.05) is 19.6 Å². The number of fused-ring (bicyclic) bond motifs is 3. The van der Waals surface area contributed by atoms with Crippen molar-refractivity contribution >= 4 is 27.9 Å². The fourth-order valence-corrected chi connectivity index (χ4v) is 4.13. The van der Waals surface area contributed by atoms with Gasteiger partial charge in [0.15, 0.2) is 5.78 Å². The third-order valence-electron chi connectivity index (χ3n) is 5.46. The number of nitrogens with zero attached hydrogens (tertiary/aromatic N) is 4. The molecule has 0 bridgehead atoms. The summed E-state index contributed by atoms with van der Waals surface area (Å²) in [5, 5.41) is 1.10. The molecule has 6 nitrogen and oxygen atoms in total. The summed E-state index contributed by atoms with van der Waals surface area (Å²) in [7, 11) is 0. The molecular weight excluding hydrogens is 338 g/mol. The first-order valence-electron chi connectivity index (χ1n) is 9.39. The molecule has 136 valence electrons. The minimum Gasteiger partial charge on any atom is -0.346 e. The van der Waals surface area contributed by atoms with E-state index in [9.17, 15) is 4.79 Å². The maximum Gasteiger partial charge on any atom is 0.176 e. The first kappa shape index (κ1) is 16.2. The molecule has 1 N–H and O–H groups in total. The lowest BCUT2D eigenvalue weighted by molar-refractivity contribution is 0.0891. The lowest BCUT2D eigenvalue weighted by Gasteiger charge is -2.33. The van der Waals surface area contributed by atoms with Crippen molar-refractivity contribution in [3.8, 4) is 0 Å². The van der Waals surface area contributed by atoms with Crippen molar-refractivity contribution in [3.05, 3.63) is 60.7 Å². The number of aromatic amines is 1. The first-order valence-corrected chi connectivity index (χ1v) is 9.39. The number of aromatic nitrogens is 4. The number of imidazole rings is 1. The summed E-state index contributed by atoms with van der Waals surface area (Å²) < 4.78 is 2.27. The number of hydrogen-bond donors (Lipinski definition) is 1. The van der Waals surface area contributed by atoms with Crippen molar-refractivity contribution < 1.29 is 4.79 Å². The van der Waals surface area contributed by atoms with Crippen LogP contribution in [0.3, 0.4) is 0 Å². The SMILES string of the molecule is O=C(CN1CCC[C@@H](n2cnc3cnc4[nH]ccc4c32)C1)c1ccccc1. The van der Waals surface area contributed by atoms with Gasteiger partial charge in [0.1, 0.15) is 11.2 Å². The van der Waals surface area contributed by atoms with Gasteiger partial charge in [0.05, 0.1) is 24.6 Å². The summed E-state index contributed by atoms with van der Waals surface area (Å²) in [5.41, 5.74) is 3.71. The summed E-state index contributed by atoms with van der Waals surface area (Å²) in [5.74, 6) is 0.184. The lowest BCUT2D eigenvalue weighted by Crippen LogP contribution is -2.39. The molecule has 0 saturated carbocycles. The van der Waals surface area contributed by atoms with E-state index in [1.165, 1.54) is 0 Å². The standard InChI is InChI=1S/C21H21N5O/c27-19(15-5-2-1-3-6-15)13-25-10-4-7-16(12-25)26-14-24-18-11-23-21-17(20(18)26)8-9-22-21/h1-3,5-6,8-9,11,14,16H,4,7,10,12-13H2,(H,22,23)/t16-/m1/s1. The monoisotopic (exact) mass is 359 g/mol. The Hall–Kier alpha value is -2.99. The van der Waals surface area contributed by atoms with Gasteiger partial charge in [-0.3, -0.25) is 9.69 Å². The smallest absolute Gasteiger partial charge is 0.176 e. The van der Waals surface area contributed by atoms with Gasteiger partial charge < -0.3 is 9.55 Å². The van der Waals surface area contributed by atoms with Gasteiger partial charge in [-0.1, -0.05) is 30.3 Å². The molecule has 1 saturated heterocycles. The third kappa shape index (κ3) is 2.92. The fourth-order valence-electron chi connectivity index (χ4n) is 4.13. The topological polar surface area (TPSA) is 66.8 Å². The second-order valence-electron chi connectivity index (χ2n) is 7.20. The van der Waals surface area contributed by atoms with E-state index >= 15 is 0 Å². The zero-order valence-corrected chi connectivity index (χ0v) is 15.0. The highest BCUT2D eigenvalue weighted by molar-refractivity contribution is 6.01. The summed E-state index contributed by atoms with van der Waals surface area (Å²) >= 11 is 0. The molecule has 3 aromatic heterocycles. The Balaban J connectivity index is 1.41. The maximum atomic E-state index is 12.6. The zero-order valence-electron chi connectivity index (χ0n) is 15.0. The zero-order chi connectivity index (χ0) is 18.2. The Kier molecular flexibility index (Phi) is 3.98. The van der Waals surface area contributed by atoms with E-state index in [-0.39, 0.29) is 5.78 Å². The average molecular weight is 359 g/mol. The number of pyridine rings is 1. The van der Waals surface area contributed by atoms with Crippen LogP contribution in [0.25, 0.3) is 22.1 Å². The molecule has 4 aromatic rings. The number of nitrogens with one attached hydrogen (secondary N) is 1. The normalized spacial score (nSPS) is 18.3. The molecule has 6 heteroatoms. The van der Waals surface area contributed by atoms with E-state index in [0.29, 0.717) is 12.6 Å². The van der Waals surface area contributed by atoms with E-state index in [1.807, 2.05) is 49.1 Å². The highest BCUT2D eigenvalue weighted by atomic mass is 16.1. The number of likely N-dealkylation sites (tertiary alicyclic amines) is 1. The number of carbonyl (C=O) groups excluding carboxylic acids is 1. The lowest BCUT2D eigenvalue weighted by atomic mass is 10.0. The van der Waals surface area contributed by atoms with Gasteiger partial charge in [-0.25, -0.2) is 9.97 Å². The summed E-state index contributed by atoms with van der Waals surface area (Å²) in [6.45, 7) is 2.29. The Labute approximate surface area is 156 Å². The minimum atomic E-state index is 0.184. The molecule has 5 rings (SSSR count). The number of benzene rings is 1. The highest BCUT2D eigenvalue weighted by Gasteiger charge is 2.25. The number of piperidine rings is 1.